The lowest BCUT2D eigenvalue weighted by Crippen LogP contribution is -1.98. The first kappa shape index (κ1) is 9.46. The first-order valence-corrected chi connectivity index (χ1v) is 5.27. The second kappa shape index (κ2) is 3.96. The lowest BCUT2D eigenvalue weighted by Gasteiger charge is -2.04. The molecule has 0 N–H and O–H groups in total. The molecule has 0 spiro atoms. The lowest BCUT2D eigenvalue weighted by molar-refractivity contribution is 0.774. The zero-order valence-electron chi connectivity index (χ0n) is 7.94. The van der Waals surface area contributed by atoms with Crippen molar-refractivity contribution in [2.24, 2.45) is 0 Å². The Hall–Kier alpha value is -1.09. The molecule has 0 aliphatic rings. The Morgan fingerprint density at radius 2 is 2.29 bits per heavy atom. The van der Waals surface area contributed by atoms with Gasteiger partial charge in [-0.25, -0.2) is 4.98 Å². The maximum Gasteiger partial charge on any atom is 0.177 e. The van der Waals surface area contributed by atoms with Crippen molar-refractivity contribution < 1.29 is 0 Å². The van der Waals surface area contributed by atoms with Crippen LogP contribution in [0.25, 0.3) is 0 Å². The van der Waals surface area contributed by atoms with Crippen molar-refractivity contribution in [3.63, 3.8) is 0 Å². The third-order valence-corrected chi connectivity index (χ3v) is 2.76. The Labute approximate surface area is 91.7 Å². The van der Waals surface area contributed by atoms with Crippen molar-refractivity contribution in [2.45, 2.75) is 13.5 Å². The largest absolute Gasteiger partial charge is 0.321 e. The van der Waals surface area contributed by atoms with E-state index in [9.17, 15) is 0 Å². The van der Waals surface area contributed by atoms with Crippen molar-refractivity contribution in [1.82, 2.24) is 9.55 Å². The molecule has 0 aliphatic carbocycles. The summed E-state index contributed by atoms with van der Waals surface area (Å²) in [6.07, 6.45) is 3.76. The number of halogens is 1. The average Bonchev–Trinajstić information content (AvgIpc) is 2.52. The molecule has 1 aromatic carbocycles. The van der Waals surface area contributed by atoms with E-state index >= 15 is 0 Å². The number of hydrogen-bond acceptors (Lipinski definition) is 1. The van der Waals surface area contributed by atoms with Crippen LogP contribution in [0.5, 0.6) is 0 Å². The van der Waals surface area contributed by atoms with Gasteiger partial charge in [-0.1, -0.05) is 29.8 Å². The van der Waals surface area contributed by atoms with Crippen LogP contribution in [0.15, 0.2) is 41.4 Å². The Balaban J connectivity index is 2.23. The molecule has 72 valence electrons. The van der Waals surface area contributed by atoms with Crippen LogP contribution in [0.4, 0.5) is 0 Å². The summed E-state index contributed by atoms with van der Waals surface area (Å²) in [6.45, 7) is 2.97. The Morgan fingerprint density at radius 1 is 1.43 bits per heavy atom. The molecule has 0 bridgehead atoms. The van der Waals surface area contributed by atoms with Crippen molar-refractivity contribution in [3.8, 4) is 0 Å². The van der Waals surface area contributed by atoms with E-state index in [4.69, 9.17) is 0 Å². The highest BCUT2D eigenvalue weighted by Gasteiger charge is 1.99. The molecule has 0 unspecified atom stereocenters. The zero-order valence-corrected chi connectivity index (χ0v) is 9.53. The molecule has 1 aromatic heterocycles. The second-order valence-corrected chi connectivity index (χ2v) is 4.02. The van der Waals surface area contributed by atoms with Gasteiger partial charge >= 0.3 is 0 Å². The Morgan fingerprint density at radius 3 is 2.93 bits per heavy atom. The molecule has 14 heavy (non-hydrogen) atoms. The van der Waals surface area contributed by atoms with Crippen molar-refractivity contribution in [1.29, 1.82) is 0 Å². The van der Waals surface area contributed by atoms with Crippen LogP contribution in [0.1, 0.15) is 11.1 Å². The molecule has 2 rings (SSSR count). The molecule has 0 fully saturated rings. The number of hydrogen-bond donors (Lipinski definition) is 0. The fourth-order valence-corrected chi connectivity index (χ4v) is 1.80. The van der Waals surface area contributed by atoms with Gasteiger partial charge in [0.2, 0.25) is 0 Å². The SMILES string of the molecule is Cc1cccc(Cn2ccnc2Br)c1. The summed E-state index contributed by atoms with van der Waals surface area (Å²) in [5.41, 5.74) is 2.59. The third kappa shape index (κ3) is 2.04. The predicted octanol–water partition coefficient (Wildman–Crippen LogP) is 3.00. The maximum absolute atomic E-state index is 4.11. The molecule has 0 aliphatic heterocycles. The van der Waals surface area contributed by atoms with Crippen LogP contribution in [-0.2, 0) is 6.54 Å². The van der Waals surface area contributed by atoms with E-state index in [0.29, 0.717) is 0 Å². The fraction of sp³-hybridized carbons (Fsp3) is 0.182. The van der Waals surface area contributed by atoms with Gasteiger partial charge in [0.25, 0.3) is 0 Å². The van der Waals surface area contributed by atoms with E-state index < -0.39 is 0 Å². The average molecular weight is 251 g/mol. The van der Waals surface area contributed by atoms with Gasteiger partial charge < -0.3 is 4.57 Å². The topological polar surface area (TPSA) is 17.8 Å². The van der Waals surface area contributed by atoms with E-state index in [1.54, 1.807) is 6.20 Å². The zero-order chi connectivity index (χ0) is 9.97. The van der Waals surface area contributed by atoms with Crippen LogP contribution >= 0.6 is 15.9 Å². The lowest BCUT2D eigenvalue weighted by atomic mass is 10.1. The van der Waals surface area contributed by atoms with Crippen LogP contribution in [0.2, 0.25) is 0 Å². The quantitative estimate of drug-likeness (QED) is 0.802. The molecule has 0 saturated heterocycles. The Bertz CT molecular complexity index is 434. The molecular weight excluding hydrogens is 240 g/mol. The van der Waals surface area contributed by atoms with Gasteiger partial charge in [0.05, 0.1) is 0 Å². The summed E-state index contributed by atoms with van der Waals surface area (Å²) in [7, 11) is 0. The molecule has 2 nitrogen and oxygen atoms in total. The predicted molar refractivity (Wildman–Crippen MR) is 60.2 cm³/mol. The number of aryl methyl sites for hydroxylation is 1. The molecule has 0 amide bonds. The van der Waals surface area contributed by atoms with Crippen LogP contribution in [-0.4, -0.2) is 9.55 Å². The monoisotopic (exact) mass is 250 g/mol. The first-order chi connectivity index (χ1) is 6.75. The summed E-state index contributed by atoms with van der Waals surface area (Å²) in [5.74, 6) is 0. The van der Waals surface area contributed by atoms with Gasteiger partial charge in [-0.2, -0.15) is 0 Å². The van der Waals surface area contributed by atoms with Gasteiger partial charge in [0, 0.05) is 18.9 Å². The summed E-state index contributed by atoms with van der Waals surface area (Å²) in [5, 5.41) is 0. The van der Waals surface area contributed by atoms with E-state index in [0.717, 1.165) is 11.3 Å². The third-order valence-electron chi connectivity index (χ3n) is 2.10. The molecule has 0 saturated carbocycles. The standard InChI is InChI=1S/C11H11BrN2/c1-9-3-2-4-10(7-9)8-14-6-5-13-11(14)12/h2-7H,8H2,1H3. The van der Waals surface area contributed by atoms with Crippen molar-refractivity contribution >= 4 is 15.9 Å². The smallest absolute Gasteiger partial charge is 0.177 e. The van der Waals surface area contributed by atoms with E-state index in [2.05, 4.69) is 56.7 Å². The van der Waals surface area contributed by atoms with Crippen LogP contribution in [0, 0.1) is 6.92 Å². The number of nitrogens with zero attached hydrogens (tertiary/aromatic N) is 2. The van der Waals surface area contributed by atoms with E-state index in [1.807, 2.05) is 6.20 Å². The molecule has 0 atom stereocenters. The minimum Gasteiger partial charge on any atom is -0.321 e. The van der Waals surface area contributed by atoms with Gasteiger partial charge in [0.1, 0.15) is 0 Å². The summed E-state index contributed by atoms with van der Waals surface area (Å²) in [6, 6.07) is 8.49. The highest BCUT2D eigenvalue weighted by molar-refractivity contribution is 9.10. The van der Waals surface area contributed by atoms with E-state index in [1.165, 1.54) is 11.1 Å². The fourth-order valence-electron chi connectivity index (χ4n) is 1.44. The molecule has 3 heteroatoms. The van der Waals surface area contributed by atoms with Crippen molar-refractivity contribution in [2.75, 3.05) is 0 Å². The minimum absolute atomic E-state index is 0.863. The van der Waals surface area contributed by atoms with E-state index in [-0.39, 0.29) is 0 Å². The summed E-state index contributed by atoms with van der Waals surface area (Å²) >= 11 is 3.39. The Kier molecular flexibility index (Phi) is 2.68. The number of aromatic nitrogens is 2. The molecular formula is C11H11BrN2. The highest BCUT2D eigenvalue weighted by Crippen LogP contribution is 2.11. The van der Waals surface area contributed by atoms with Gasteiger partial charge in [0.15, 0.2) is 4.73 Å². The van der Waals surface area contributed by atoms with Crippen LogP contribution < -0.4 is 0 Å². The van der Waals surface area contributed by atoms with Gasteiger partial charge in [-0.3, -0.25) is 0 Å². The molecule has 0 radical (unpaired) electrons. The van der Waals surface area contributed by atoms with Gasteiger partial charge in [-0.15, -0.1) is 0 Å². The molecule has 2 aromatic rings. The molecule has 1 heterocycles. The maximum atomic E-state index is 4.11. The minimum atomic E-state index is 0.863. The number of rotatable bonds is 2. The first-order valence-electron chi connectivity index (χ1n) is 4.48. The normalized spacial score (nSPS) is 10.4. The summed E-state index contributed by atoms with van der Waals surface area (Å²) < 4.78 is 2.94. The highest BCUT2D eigenvalue weighted by atomic mass is 79.9. The number of imidazole rings is 1. The van der Waals surface area contributed by atoms with Crippen molar-refractivity contribution in [3.05, 3.63) is 52.5 Å². The summed E-state index contributed by atoms with van der Waals surface area (Å²) in [4.78, 5) is 4.11. The van der Waals surface area contributed by atoms with Gasteiger partial charge in [-0.05, 0) is 28.4 Å². The second-order valence-electron chi connectivity index (χ2n) is 3.31. The number of benzene rings is 1. The van der Waals surface area contributed by atoms with Crippen LogP contribution in [0.3, 0.4) is 0 Å².